The van der Waals surface area contributed by atoms with Crippen molar-refractivity contribution in [2.24, 2.45) is 0 Å². The van der Waals surface area contributed by atoms with Crippen LogP contribution in [0.1, 0.15) is 28.9 Å². The second kappa shape index (κ2) is 7.82. The Morgan fingerprint density at radius 1 is 1.10 bits per heavy atom. The number of halogens is 1. The van der Waals surface area contributed by atoms with Gasteiger partial charge in [0.05, 0.1) is 5.69 Å². The Bertz CT molecular complexity index is 1290. The number of anilines is 1. The van der Waals surface area contributed by atoms with E-state index in [1.165, 1.54) is 5.56 Å². The molecule has 2 aromatic heterocycles. The summed E-state index contributed by atoms with van der Waals surface area (Å²) in [4.78, 5) is 19.6. The number of carbonyl (C=O) groups excluding carboxylic acids is 1. The van der Waals surface area contributed by atoms with Crippen LogP contribution < -0.4 is 4.90 Å². The highest BCUT2D eigenvalue weighted by molar-refractivity contribution is 6.30. The molecule has 0 fully saturated rings. The van der Waals surface area contributed by atoms with Crippen molar-refractivity contribution in [2.45, 2.75) is 33.1 Å². The summed E-state index contributed by atoms with van der Waals surface area (Å²) in [5.74, 6) is 0.158. The van der Waals surface area contributed by atoms with Crippen LogP contribution in [0.5, 0.6) is 0 Å². The first kappa shape index (κ1) is 19.8. The van der Waals surface area contributed by atoms with Gasteiger partial charge in [0.25, 0.3) is 0 Å². The van der Waals surface area contributed by atoms with Gasteiger partial charge in [0.1, 0.15) is 0 Å². The van der Waals surface area contributed by atoms with E-state index in [0.29, 0.717) is 17.9 Å². The molecule has 0 N–H and O–H groups in total. The van der Waals surface area contributed by atoms with Gasteiger partial charge in [0, 0.05) is 46.7 Å². The molecular weight excluding hydrogens is 408 g/mol. The fourth-order valence-electron chi connectivity index (χ4n) is 4.41. The van der Waals surface area contributed by atoms with Gasteiger partial charge in [-0.15, -0.1) is 0 Å². The van der Waals surface area contributed by atoms with Crippen LogP contribution in [0.15, 0.2) is 54.6 Å². The van der Waals surface area contributed by atoms with Crippen LogP contribution in [0, 0.1) is 13.8 Å². The van der Waals surface area contributed by atoms with Crippen LogP contribution in [0.4, 0.5) is 5.69 Å². The molecule has 5 rings (SSSR count). The summed E-state index contributed by atoms with van der Waals surface area (Å²) in [7, 11) is 0. The second-order valence-electron chi connectivity index (χ2n) is 7.99. The number of para-hydroxylation sites is 1. The molecule has 2 aromatic carbocycles. The van der Waals surface area contributed by atoms with E-state index in [-0.39, 0.29) is 5.91 Å². The zero-order valence-electron chi connectivity index (χ0n) is 17.6. The third-order valence-corrected chi connectivity index (χ3v) is 6.33. The van der Waals surface area contributed by atoms with Crippen molar-refractivity contribution in [3.63, 3.8) is 0 Å². The predicted molar refractivity (Wildman–Crippen MR) is 124 cm³/mol. The molecule has 1 aliphatic heterocycles. The number of hydrogen-bond acceptors (Lipinski definition) is 3. The fourth-order valence-corrected chi connectivity index (χ4v) is 4.54. The maximum atomic E-state index is 13.0. The Hall–Kier alpha value is -3.18. The van der Waals surface area contributed by atoms with E-state index in [9.17, 15) is 4.79 Å². The van der Waals surface area contributed by atoms with Crippen molar-refractivity contribution >= 4 is 28.8 Å². The minimum atomic E-state index is 0.158. The van der Waals surface area contributed by atoms with Gasteiger partial charge in [-0.2, -0.15) is 5.10 Å². The molecule has 0 saturated heterocycles. The van der Waals surface area contributed by atoms with Crippen molar-refractivity contribution in [1.29, 1.82) is 0 Å². The van der Waals surface area contributed by atoms with Gasteiger partial charge in [-0.3, -0.25) is 4.79 Å². The molecule has 0 aliphatic carbocycles. The lowest BCUT2D eigenvalue weighted by atomic mass is 10.1. The number of fused-ring (bicyclic) bond motifs is 2. The molecule has 0 unspecified atom stereocenters. The summed E-state index contributed by atoms with van der Waals surface area (Å²) in [6.45, 7) is 4.81. The van der Waals surface area contributed by atoms with Crippen molar-refractivity contribution in [2.75, 3.05) is 11.4 Å². The molecule has 1 aliphatic rings. The SMILES string of the molecule is Cc1nc2cc(-c3ccc(Cl)cc3)nn2c(C)c1CCC(=O)N1CCc2ccccc21. The number of nitrogens with zero attached hydrogens (tertiary/aromatic N) is 4. The van der Waals surface area contributed by atoms with Crippen molar-refractivity contribution in [1.82, 2.24) is 14.6 Å². The van der Waals surface area contributed by atoms with Gasteiger partial charge in [-0.1, -0.05) is 41.9 Å². The first-order valence-electron chi connectivity index (χ1n) is 10.5. The monoisotopic (exact) mass is 430 g/mol. The standard InChI is InChI=1S/C25H23ClN4O/c1-16-21(11-12-25(31)29-14-13-19-5-3-4-6-23(19)29)17(2)30-24(27-16)15-22(28-30)18-7-9-20(26)10-8-18/h3-10,15H,11-14H2,1-2H3. The van der Waals surface area contributed by atoms with Crippen molar-refractivity contribution < 1.29 is 4.79 Å². The van der Waals surface area contributed by atoms with E-state index in [1.807, 2.05) is 71.8 Å². The van der Waals surface area contributed by atoms with E-state index >= 15 is 0 Å². The molecule has 0 spiro atoms. The van der Waals surface area contributed by atoms with Gasteiger partial charge in [0.2, 0.25) is 5.91 Å². The number of aryl methyl sites for hydroxylation is 2. The third-order valence-electron chi connectivity index (χ3n) is 6.08. The van der Waals surface area contributed by atoms with Crippen LogP contribution in [-0.2, 0) is 17.6 Å². The first-order valence-corrected chi connectivity index (χ1v) is 10.9. The molecule has 3 heterocycles. The molecule has 0 radical (unpaired) electrons. The van der Waals surface area contributed by atoms with Gasteiger partial charge >= 0.3 is 0 Å². The Morgan fingerprint density at radius 2 is 1.87 bits per heavy atom. The van der Waals surface area contributed by atoms with Crippen LogP contribution in [0.2, 0.25) is 5.02 Å². The highest BCUT2D eigenvalue weighted by atomic mass is 35.5. The Morgan fingerprint density at radius 3 is 2.68 bits per heavy atom. The Labute approximate surface area is 186 Å². The Kier molecular flexibility index (Phi) is 4.98. The first-order chi connectivity index (χ1) is 15.0. The van der Waals surface area contributed by atoms with E-state index in [1.54, 1.807) is 0 Å². The summed E-state index contributed by atoms with van der Waals surface area (Å²) in [5.41, 5.74) is 8.01. The molecule has 156 valence electrons. The molecule has 4 aromatic rings. The van der Waals surface area contributed by atoms with Gasteiger partial charge < -0.3 is 4.90 Å². The quantitative estimate of drug-likeness (QED) is 0.447. The molecule has 0 atom stereocenters. The highest BCUT2D eigenvalue weighted by Crippen LogP contribution is 2.29. The number of aromatic nitrogens is 3. The van der Waals surface area contributed by atoms with Gasteiger partial charge in [0.15, 0.2) is 5.65 Å². The summed E-state index contributed by atoms with van der Waals surface area (Å²) >= 11 is 6.01. The number of benzene rings is 2. The van der Waals surface area contributed by atoms with Crippen LogP contribution in [0.3, 0.4) is 0 Å². The number of hydrogen-bond donors (Lipinski definition) is 0. The lowest BCUT2D eigenvalue weighted by Crippen LogP contribution is -2.29. The summed E-state index contributed by atoms with van der Waals surface area (Å²) in [6.07, 6.45) is 2.02. The fraction of sp³-hybridized carbons (Fsp3) is 0.240. The largest absolute Gasteiger partial charge is 0.312 e. The Balaban J connectivity index is 1.40. The third kappa shape index (κ3) is 3.59. The van der Waals surface area contributed by atoms with E-state index in [2.05, 4.69) is 6.07 Å². The van der Waals surface area contributed by atoms with Crippen molar-refractivity contribution in [3.05, 3.63) is 82.1 Å². The maximum absolute atomic E-state index is 13.0. The number of rotatable bonds is 4. The molecule has 5 nitrogen and oxygen atoms in total. The highest BCUT2D eigenvalue weighted by Gasteiger charge is 2.24. The number of carbonyl (C=O) groups is 1. The van der Waals surface area contributed by atoms with E-state index < -0.39 is 0 Å². The van der Waals surface area contributed by atoms with Crippen molar-refractivity contribution in [3.8, 4) is 11.3 Å². The molecular formula is C25H23ClN4O. The van der Waals surface area contributed by atoms with Gasteiger partial charge in [-0.25, -0.2) is 9.50 Å². The molecule has 0 saturated carbocycles. The predicted octanol–water partition coefficient (Wildman–Crippen LogP) is 5.19. The normalized spacial score (nSPS) is 13.1. The van der Waals surface area contributed by atoms with E-state index in [0.717, 1.165) is 52.5 Å². The van der Waals surface area contributed by atoms with Crippen LogP contribution >= 0.6 is 11.6 Å². The summed E-state index contributed by atoms with van der Waals surface area (Å²) in [5, 5.41) is 5.46. The topological polar surface area (TPSA) is 50.5 Å². The van der Waals surface area contributed by atoms with Crippen LogP contribution in [-0.4, -0.2) is 27.0 Å². The second-order valence-corrected chi connectivity index (χ2v) is 8.43. The lowest BCUT2D eigenvalue weighted by Gasteiger charge is -2.18. The zero-order valence-corrected chi connectivity index (χ0v) is 18.4. The van der Waals surface area contributed by atoms with Crippen LogP contribution in [0.25, 0.3) is 16.9 Å². The summed E-state index contributed by atoms with van der Waals surface area (Å²) in [6, 6.07) is 17.8. The molecule has 0 bridgehead atoms. The average molecular weight is 431 g/mol. The zero-order chi connectivity index (χ0) is 21.5. The summed E-state index contributed by atoms with van der Waals surface area (Å²) < 4.78 is 1.88. The molecule has 31 heavy (non-hydrogen) atoms. The number of amides is 1. The van der Waals surface area contributed by atoms with Gasteiger partial charge in [-0.05, 0) is 56.0 Å². The minimum absolute atomic E-state index is 0.158. The smallest absolute Gasteiger partial charge is 0.227 e. The molecule has 6 heteroatoms. The van der Waals surface area contributed by atoms with E-state index in [4.69, 9.17) is 21.7 Å². The maximum Gasteiger partial charge on any atom is 0.227 e. The lowest BCUT2D eigenvalue weighted by molar-refractivity contribution is -0.118. The average Bonchev–Trinajstić information content (AvgIpc) is 3.38. The molecule has 1 amide bonds. The minimum Gasteiger partial charge on any atom is -0.312 e.